The monoisotopic (exact) mass is 235 g/mol. The van der Waals surface area contributed by atoms with Gasteiger partial charge in [-0.3, -0.25) is 0 Å². The second-order valence-corrected chi connectivity index (χ2v) is 5.05. The van der Waals surface area contributed by atoms with Crippen molar-refractivity contribution in [3.63, 3.8) is 0 Å². The van der Waals surface area contributed by atoms with Crippen LogP contribution in [0.2, 0.25) is 5.02 Å². The zero-order chi connectivity index (χ0) is 10.8. The van der Waals surface area contributed by atoms with Crippen molar-refractivity contribution in [2.24, 2.45) is 0 Å². The van der Waals surface area contributed by atoms with Crippen LogP contribution < -0.4 is 5.73 Å². The predicted molar refractivity (Wildman–Crippen MR) is 54.9 cm³/mol. The highest BCUT2D eigenvalue weighted by Crippen LogP contribution is 2.22. The molecule has 78 valence electrons. The van der Waals surface area contributed by atoms with Crippen LogP contribution in [0.1, 0.15) is 0 Å². The van der Waals surface area contributed by atoms with Crippen LogP contribution >= 0.6 is 11.6 Å². The molecule has 0 heterocycles. The van der Waals surface area contributed by atoms with Crippen LogP contribution in [0.25, 0.3) is 0 Å². The molecular weight excluding hydrogens is 226 g/mol. The fourth-order valence-corrected chi connectivity index (χ4v) is 2.19. The minimum Gasteiger partial charge on any atom is -0.398 e. The number of methoxy groups -OCH3 is 1. The third-order valence-corrected chi connectivity index (χ3v) is 3.45. The van der Waals surface area contributed by atoms with Gasteiger partial charge in [-0.05, 0) is 18.2 Å². The van der Waals surface area contributed by atoms with Crippen LogP contribution in [0, 0.1) is 0 Å². The Morgan fingerprint density at radius 3 is 2.64 bits per heavy atom. The minimum atomic E-state index is -3.41. The molecule has 0 aliphatic rings. The molecule has 2 N–H and O–H groups in total. The topological polar surface area (TPSA) is 69.4 Å². The smallest absolute Gasteiger partial charge is 0.202 e. The quantitative estimate of drug-likeness (QED) is 0.802. The maximum atomic E-state index is 11.5. The lowest BCUT2D eigenvalue weighted by atomic mass is 10.3. The van der Waals surface area contributed by atoms with Gasteiger partial charge in [0.1, 0.15) is 0 Å². The summed E-state index contributed by atoms with van der Waals surface area (Å²) < 4.78 is 27.5. The normalized spacial score (nSPS) is 11.6. The summed E-state index contributed by atoms with van der Waals surface area (Å²) in [6.07, 6.45) is 0. The number of hydrogen-bond acceptors (Lipinski definition) is 4. The molecule has 0 amide bonds. The molecule has 4 nitrogen and oxygen atoms in total. The number of ether oxygens (including phenoxy) is 1. The van der Waals surface area contributed by atoms with Crippen molar-refractivity contribution in [1.82, 2.24) is 0 Å². The molecule has 0 bridgehead atoms. The van der Waals surface area contributed by atoms with Crippen molar-refractivity contribution in [3.05, 3.63) is 23.2 Å². The Labute approximate surface area is 87.5 Å². The maximum Gasteiger partial charge on any atom is 0.202 e. The molecule has 0 atom stereocenters. The van der Waals surface area contributed by atoms with E-state index in [1.54, 1.807) is 0 Å². The van der Waals surface area contributed by atoms with Gasteiger partial charge in [0.2, 0.25) is 9.84 Å². The molecule has 6 heteroatoms. The molecule has 0 aromatic heterocycles. The number of nitrogens with two attached hydrogens (primary N) is 1. The summed E-state index contributed by atoms with van der Waals surface area (Å²) in [6.45, 7) is 0. The van der Waals surface area contributed by atoms with Crippen LogP contribution in [0.3, 0.4) is 0 Å². The fourth-order valence-electron chi connectivity index (χ4n) is 0.925. The first-order chi connectivity index (χ1) is 6.47. The van der Waals surface area contributed by atoms with Crippen molar-refractivity contribution in [2.75, 3.05) is 18.8 Å². The van der Waals surface area contributed by atoms with Gasteiger partial charge in [-0.25, -0.2) is 8.42 Å². The van der Waals surface area contributed by atoms with Crippen LogP contribution in [-0.4, -0.2) is 21.5 Å². The molecular formula is C8H10ClNO3S. The van der Waals surface area contributed by atoms with Gasteiger partial charge in [0, 0.05) is 7.11 Å². The third-order valence-electron chi connectivity index (χ3n) is 1.60. The van der Waals surface area contributed by atoms with Crippen LogP contribution in [0.5, 0.6) is 0 Å². The lowest BCUT2D eigenvalue weighted by Crippen LogP contribution is -2.08. The molecule has 1 aromatic rings. The SMILES string of the molecule is COCS(=O)(=O)c1ccc(N)c(Cl)c1. The zero-order valence-corrected chi connectivity index (χ0v) is 9.10. The van der Waals surface area contributed by atoms with Crippen molar-refractivity contribution in [2.45, 2.75) is 4.90 Å². The molecule has 0 saturated carbocycles. The first-order valence-corrected chi connectivity index (χ1v) is 5.77. The first kappa shape index (κ1) is 11.3. The fraction of sp³-hybridized carbons (Fsp3) is 0.250. The van der Waals surface area contributed by atoms with Crippen LogP contribution in [-0.2, 0) is 14.6 Å². The number of sulfone groups is 1. The number of halogens is 1. The predicted octanol–water partition coefficient (Wildman–Crippen LogP) is 1.30. The van der Waals surface area contributed by atoms with E-state index in [1.807, 2.05) is 0 Å². The van der Waals surface area contributed by atoms with E-state index in [2.05, 4.69) is 4.74 Å². The van der Waals surface area contributed by atoms with Gasteiger partial charge in [-0.2, -0.15) is 0 Å². The average molecular weight is 236 g/mol. The molecule has 0 saturated heterocycles. The highest BCUT2D eigenvalue weighted by molar-refractivity contribution is 7.91. The molecule has 1 aromatic carbocycles. The molecule has 0 spiro atoms. The summed E-state index contributed by atoms with van der Waals surface area (Å²) in [7, 11) is -2.10. The molecule has 14 heavy (non-hydrogen) atoms. The number of rotatable bonds is 3. The summed E-state index contributed by atoms with van der Waals surface area (Å²) in [4.78, 5) is 0.110. The molecule has 0 unspecified atom stereocenters. The summed E-state index contributed by atoms with van der Waals surface area (Å²) in [5, 5.41) is 0.224. The van der Waals surface area contributed by atoms with Crippen LogP contribution in [0.15, 0.2) is 23.1 Å². The summed E-state index contributed by atoms with van der Waals surface area (Å²) in [5.74, 6) is -0.368. The largest absolute Gasteiger partial charge is 0.398 e. The van der Waals surface area contributed by atoms with Gasteiger partial charge >= 0.3 is 0 Å². The van der Waals surface area contributed by atoms with E-state index < -0.39 is 9.84 Å². The minimum absolute atomic E-state index is 0.110. The van der Waals surface area contributed by atoms with E-state index in [0.29, 0.717) is 5.69 Å². The third kappa shape index (κ3) is 2.37. The van der Waals surface area contributed by atoms with E-state index in [-0.39, 0.29) is 15.9 Å². The molecule has 0 aliphatic carbocycles. The number of benzene rings is 1. The van der Waals surface area contributed by atoms with Crippen molar-refractivity contribution >= 4 is 27.1 Å². The van der Waals surface area contributed by atoms with Gasteiger partial charge in [-0.15, -0.1) is 0 Å². The van der Waals surface area contributed by atoms with E-state index >= 15 is 0 Å². The number of anilines is 1. The molecule has 1 rings (SSSR count). The Morgan fingerprint density at radius 2 is 2.14 bits per heavy atom. The first-order valence-electron chi connectivity index (χ1n) is 3.74. The summed E-state index contributed by atoms with van der Waals surface area (Å²) in [5.41, 5.74) is 5.80. The van der Waals surface area contributed by atoms with Gasteiger partial charge in [0.25, 0.3) is 0 Å². The molecule has 0 radical (unpaired) electrons. The van der Waals surface area contributed by atoms with Gasteiger partial charge < -0.3 is 10.5 Å². The Hall–Kier alpha value is -0.780. The Bertz CT molecular complexity index is 430. The Kier molecular flexibility index (Phi) is 3.36. The Morgan fingerprint density at radius 1 is 1.50 bits per heavy atom. The average Bonchev–Trinajstić information content (AvgIpc) is 2.09. The molecule has 0 fully saturated rings. The van der Waals surface area contributed by atoms with E-state index in [4.69, 9.17) is 17.3 Å². The maximum absolute atomic E-state index is 11.5. The summed E-state index contributed by atoms with van der Waals surface area (Å²) >= 11 is 5.69. The number of hydrogen-bond donors (Lipinski definition) is 1. The zero-order valence-electron chi connectivity index (χ0n) is 7.53. The van der Waals surface area contributed by atoms with Crippen molar-refractivity contribution in [3.8, 4) is 0 Å². The lowest BCUT2D eigenvalue weighted by molar-refractivity contribution is 0.250. The second kappa shape index (κ2) is 4.16. The van der Waals surface area contributed by atoms with Gasteiger partial charge in [-0.1, -0.05) is 11.6 Å². The lowest BCUT2D eigenvalue weighted by Gasteiger charge is -2.04. The van der Waals surface area contributed by atoms with Crippen molar-refractivity contribution < 1.29 is 13.2 Å². The highest BCUT2D eigenvalue weighted by Gasteiger charge is 2.14. The van der Waals surface area contributed by atoms with Gasteiger partial charge in [0.05, 0.1) is 15.6 Å². The number of nitrogen functional groups attached to an aromatic ring is 1. The van der Waals surface area contributed by atoms with Crippen molar-refractivity contribution in [1.29, 1.82) is 0 Å². The standard InChI is InChI=1S/C8H10ClNO3S/c1-13-5-14(11,12)6-2-3-8(10)7(9)4-6/h2-4H,5,10H2,1H3. The van der Waals surface area contributed by atoms with E-state index in [9.17, 15) is 8.42 Å². The second-order valence-electron chi connectivity index (χ2n) is 2.70. The summed E-state index contributed by atoms with van der Waals surface area (Å²) in [6, 6.07) is 4.16. The van der Waals surface area contributed by atoms with Crippen LogP contribution in [0.4, 0.5) is 5.69 Å². The van der Waals surface area contributed by atoms with E-state index in [1.165, 1.54) is 25.3 Å². The Balaban J connectivity index is 3.15. The van der Waals surface area contributed by atoms with E-state index in [0.717, 1.165) is 0 Å². The van der Waals surface area contributed by atoms with Gasteiger partial charge in [0.15, 0.2) is 5.94 Å². The highest BCUT2D eigenvalue weighted by atomic mass is 35.5. The molecule has 0 aliphatic heterocycles.